The molecule has 0 fully saturated rings. The van der Waals surface area contributed by atoms with Gasteiger partial charge in [-0.05, 0) is 6.92 Å². The quantitative estimate of drug-likeness (QED) is 0.784. The molecule has 4 nitrogen and oxygen atoms in total. The third kappa shape index (κ3) is 3.78. The van der Waals surface area contributed by atoms with Crippen LogP contribution in [0.4, 0.5) is 18.9 Å². The molecular formula is C8H12F3N3O. The van der Waals surface area contributed by atoms with Gasteiger partial charge in [0.05, 0.1) is 30.7 Å². The predicted octanol–water partition coefficient (Wildman–Crippen LogP) is 1.35. The molecule has 1 aromatic rings. The zero-order chi connectivity index (χ0) is 11.5. The Morgan fingerprint density at radius 1 is 1.53 bits per heavy atom. The lowest BCUT2D eigenvalue weighted by Crippen LogP contribution is -2.19. The molecular weight excluding hydrogens is 211 g/mol. The molecule has 7 heteroatoms. The number of alkyl halides is 3. The van der Waals surface area contributed by atoms with Crippen molar-refractivity contribution >= 4 is 5.69 Å². The maximum atomic E-state index is 11.7. The second kappa shape index (κ2) is 4.52. The lowest BCUT2D eigenvalue weighted by Gasteiger charge is -2.08. The monoisotopic (exact) mass is 223 g/mol. The van der Waals surface area contributed by atoms with Gasteiger partial charge >= 0.3 is 6.18 Å². The summed E-state index contributed by atoms with van der Waals surface area (Å²) in [5, 5.41) is 3.88. The molecule has 0 bridgehead atoms. The van der Waals surface area contributed by atoms with Crippen molar-refractivity contribution in [3.05, 3.63) is 11.9 Å². The van der Waals surface area contributed by atoms with Crippen molar-refractivity contribution in [2.75, 3.05) is 18.9 Å². The summed E-state index contributed by atoms with van der Waals surface area (Å²) in [4.78, 5) is 0. The molecule has 0 spiro atoms. The maximum Gasteiger partial charge on any atom is 0.411 e. The minimum atomic E-state index is -4.28. The standard InChI is InChI=1S/C8H12F3N3O/c1-6-7(12)4-13-14(6)2-3-15-5-8(9,10)11/h4H,2-3,5,12H2,1H3. The first kappa shape index (κ1) is 11.8. The Balaban J connectivity index is 2.30. The molecule has 0 aliphatic heterocycles. The van der Waals surface area contributed by atoms with Crippen LogP contribution in [0, 0.1) is 6.92 Å². The summed E-state index contributed by atoms with van der Waals surface area (Å²) >= 11 is 0. The van der Waals surface area contributed by atoms with Crippen LogP contribution in [-0.4, -0.2) is 29.2 Å². The first-order valence-corrected chi connectivity index (χ1v) is 4.32. The molecule has 0 amide bonds. The highest BCUT2D eigenvalue weighted by Crippen LogP contribution is 2.14. The summed E-state index contributed by atoms with van der Waals surface area (Å²) in [5.41, 5.74) is 6.76. The van der Waals surface area contributed by atoms with Gasteiger partial charge in [0.2, 0.25) is 0 Å². The van der Waals surface area contributed by atoms with Crippen LogP contribution in [-0.2, 0) is 11.3 Å². The van der Waals surface area contributed by atoms with Crippen molar-refractivity contribution in [3.63, 3.8) is 0 Å². The second-order valence-electron chi connectivity index (χ2n) is 3.08. The summed E-state index contributed by atoms with van der Waals surface area (Å²) < 4.78 is 41.0. The molecule has 0 saturated carbocycles. The number of ether oxygens (including phenoxy) is 1. The van der Waals surface area contributed by atoms with Gasteiger partial charge in [-0.3, -0.25) is 4.68 Å². The first-order valence-electron chi connectivity index (χ1n) is 4.32. The Kier molecular flexibility index (Phi) is 3.57. The van der Waals surface area contributed by atoms with Crippen molar-refractivity contribution < 1.29 is 17.9 Å². The van der Waals surface area contributed by atoms with Gasteiger partial charge in [-0.25, -0.2) is 0 Å². The highest BCUT2D eigenvalue weighted by Gasteiger charge is 2.27. The van der Waals surface area contributed by atoms with Crippen LogP contribution in [0.25, 0.3) is 0 Å². The number of halogens is 3. The van der Waals surface area contributed by atoms with Crippen LogP contribution in [0.2, 0.25) is 0 Å². The van der Waals surface area contributed by atoms with Crippen molar-refractivity contribution in [1.29, 1.82) is 0 Å². The number of nitrogens with two attached hydrogens (primary N) is 1. The third-order valence-electron chi connectivity index (χ3n) is 1.85. The fourth-order valence-corrected chi connectivity index (χ4v) is 1.03. The van der Waals surface area contributed by atoms with Gasteiger partial charge in [0.15, 0.2) is 0 Å². The largest absolute Gasteiger partial charge is 0.411 e. The molecule has 0 unspecified atom stereocenters. The van der Waals surface area contributed by atoms with E-state index in [1.54, 1.807) is 6.92 Å². The molecule has 0 aliphatic carbocycles. The summed E-state index contributed by atoms with van der Waals surface area (Å²) in [6, 6.07) is 0. The van der Waals surface area contributed by atoms with Crippen LogP contribution in [0.3, 0.4) is 0 Å². The van der Waals surface area contributed by atoms with Gasteiger partial charge in [0.25, 0.3) is 0 Å². The molecule has 2 N–H and O–H groups in total. The lowest BCUT2D eigenvalue weighted by molar-refractivity contribution is -0.174. The number of aromatic nitrogens is 2. The SMILES string of the molecule is Cc1c(N)cnn1CCOCC(F)(F)F. The van der Waals surface area contributed by atoms with Gasteiger partial charge < -0.3 is 10.5 Å². The number of nitrogen functional groups attached to an aromatic ring is 1. The molecule has 86 valence electrons. The smallest absolute Gasteiger partial charge is 0.396 e. The average molecular weight is 223 g/mol. The van der Waals surface area contributed by atoms with E-state index in [0.717, 1.165) is 5.69 Å². The molecule has 0 aromatic carbocycles. The number of anilines is 1. The lowest BCUT2D eigenvalue weighted by atomic mass is 10.4. The first-order chi connectivity index (χ1) is 6.90. The summed E-state index contributed by atoms with van der Waals surface area (Å²) in [6.07, 6.45) is -2.82. The van der Waals surface area contributed by atoms with Gasteiger partial charge in [-0.15, -0.1) is 0 Å². The topological polar surface area (TPSA) is 53.1 Å². The summed E-state index contributed by atoms with van der Waals surface area (Å²) in [5.74, 6) is 0. The fourth-order valence-electron chi connectivity index (χ4n) is 1.03. The van der Waals surface area contributed by atoms with Crippen LogP contribution < -0.4 is 5.73 Å². The van der Waals surface area contributed by atoms with Gasteiger partial charge in [0, 0.05) is 0 Å². The molecule has 1 heterocycles. The van der Waals surface area contributed by atoms with E-state index in [1.165, 1.54) is 10.9 Å². The summed E-state index contributed by atoms with van der Waals surface area (Å²) in [7, 11) is 0. The van der Waals surface area contributed by atoms with Crippen LogP contribution in [0.15, 0.2) is 6.20 Å². The van der Waals surface area contributed by atoms with Crippen LogP contribution in [0.1, 0.15) is 5.69 Å². The molecule has 1 rings (SSSR count). The third-order valence-corrected chi connectivity index (χ3v) is 1.85. The van der Waals surface area contributed by atoms with Crippen molar-refractivity contribution in [2.45, 2.75) is 19.6 Å². The van der Waals surface area contributed by atoms with E-state index in [1.807, 2.05) is 0 Å². The van der Waals surface area contributed by atoms with E-state index in [2.05, 4.69) is 9.84 Å². The van der Waals surface area contributed by atoms with Gasteiger partial charge in [-0.1, -0.05) is 0 Å². The molecule has 0 saturated heterocycles. The normalized spacial score (nSPS) is 12.0. The van der Waals surface area contributed by atoms with E-state index in [-0.39, 0.29) is 13.2 Å². The zero-order valence-electron chi connectivity index (χ0n) is 8.21. The molecule has 0 aliphatic rings. The average Bonchev–Trinajstić information content (AvgIpc) is 2.42. The Labute approximate surface area is 84.8 Å². The number of hydrogen-bond acceptors (Lipinski definition) is 3. The van der Waals surface area contributed by atoms with E-state index in [4.69, 9.17) is 5.73 Å². The second-order valence-corrected chi connectivity index (χ2v) is 3.08. The van der Waals surface area contributed by atoms with Crippen molar-refractivity contribution in [1.82, 2.24) is 9.78 Å². The Morgan fingerprint density at radius 2 is 2.20 bits per heavy atom. The highest BCUT2D eigenvalue weighted by atomic mass is 19.4. The minimum Gasteiger partial charge on any atom is -0.396 e. The number of nitrogens with zero attached hydrogens (tertiary/aromatic N) is 2. The predicted molar refractivity (Wildman–Crippen MR) is 48.3 cm³/mol. The Hall–Kier alpha value is -1.24. The fraction of sp³-hybridized carbons (Fsp3) is 0.625. The van der Waals surface area contributed by atoms with Crippen LogP contribution in [0.5, 0.6) is 0 Å². The van der Waals surface area contributed by atoms with Crippen LogP contribution >= 0.6 is 0 Å². The maximum absolute atomic E-state index is 11.7. The number of rotatable bonds is 4. The number of hydrogen-bond donors (Lipinski definition) is 1. The Morgan fingerprint density at radius 3 is 2.67 bits per heavy atom. The molecule has 15 heavy (non-hydrogen) atoms. The van der Waals surface area contributed by atoms with Gasteiger partial charge in [0.1, 0.15) is 6.61 Å². The van der Waals surface area contributed by atoms with E-state index >= 15 is 0 Å². The van der Waals surface area contributed by atoms with Crippen molar-refractivity contribution in [2.24, 2.45) is 0 Å². The molecule has 0 radical (unpaired) electrons. The zero-order valence-corrected chi connectivity index (χ0v) is 8.21. The summed E-state index contributed by atoms with van der Waals surface area (Å²) in [6.45, 7) is 0.732. The molecule has 0 atom stereocenters. The van der Waals surface area contributed by atoms with Crippen molar-refractivity contribution in [3.8, 4) is 0 Å². The van der Waals surface area contributed by atoms with E-state index in [9.17, 15) is 13.2 Å². The highest BCUT2D eigenvalue weighted by molar-refractivity contribution is 5.39. The van der Waals surface area contributed by atoms with Gasteiger partial charge in [-0.2, -0.15) is 18.3 Å². The molecule has 1 aromatic heterocycles. The minimum absolute atomic E-state index is 0.0402. The van der Waals surface area contributed by atoms with E-state index < -0.39 is 12.8 Å². The van der Waals surface area contributed by atoms with E-state index in [0.29, 0.717) is 5.69 Å². The Bertz CT molecular complexity index is 321.